The van der Waals surface area contributed by atoms with E-state index in [2.05, 4.69) is 34.7 Å². The molecule has 1 aromatic heterocycles. The van der Waals surface area contributed by atoms with Crippen molar-refractivity contribution in [3.05, 3.63) is 59.7 Å². The third-order valence-corrected chi connectivity index (χ3v) is 5.28. The van der Waals surface area contributed by atoms with E-state index in [0.717, 1.165) is 15.8 Å². The molecule has 0 unspecified atom stereocenters. The molecule has 5 nitrogen and oxygen atoms in total. The summed E-state index contributed by atoms with van der Waals surface area (Å²) in [5.41, 5.74) is 3.17. The van der Waals surface area contributed by atoms with Gasteiger partial charge in [-0.25, -0.2) is 4.98 Å². The van der Waals surface area contributed by atoms with Gasteiger partial charge in [0.15, 0.2) is 5.13 Å². The summed E-state index contributed by atoms with van der Waals surface area (Å²) in [5.74, 6) is 0.215. The second kappa shape index (κ2) is 8.77. The standard InChI is InChI=1S/C21H23N3O2S/c1-14(17-6-4-3-5-7-17)13-22-20(26)11-9-16-8-10-18-19(12-16)27-21(24-18)23-15(2)25/h3-8,10,12,14H,9,11,13H2,1-2H3,(H,22,26)(H,23,24,25)/t14-/m1/s1. The van der Waals surface area contributed by atoms with Crippen LogP contribution in [0.15, 0.2) is 48.5 Å². The Labute approximate surface area is 162 Å². The number of nitrogens with zero attached hydrogens (tertiary/aromatic N) is 1. The summed E-state index contributed by atoms with van der Waals surface area (Å²) in [6.45, 7) is 4.21. The molecule has 27 heavy (non-hydrogen) atoms. The summed E-state index contributed by atoms with van der Waals surface area (Å²) in [6, 6.07) is 16.1. The third-order valence-electron chi connectivity index (χ3n) is 4.35. The molecule has 0 radical (unpaired) electrons. The Morgan fingerprint density at radius 2 is 1.93 bits per heavy atom. The van der Waals surface area contributed by atoms with Crippen LogP contribution in [0.4, 0.5) is 5.13 Å². The van der Waals surface area contributed by atoms with Crippen molar-refractivity contribution in [3.8, 4) is 0 Å². The molecule has 0 aliphatic heterocycles. The van der Waals surface area contributed by atoms with Gasteiger partial charge in [0.1, 0.15) is 0 Å². The Bertz CT molecular complexity index is 937. The number of rotatable bonds is 7. The van der Waals surface area contributed by atoms with E-state index in [9.17, 15) is 9.59 Å². The van der Waals surface area contributed by atoms with Crippen LogP contribution in [0.3, 0.4) is 0 Å². The molecule has 0 aliphatic carbocycles. The van der Waals surface area contributed by atoms with Crippen LogP contribution in [0.25, 0.3) is 10.2 Å². The molecule has 0 bridgehead atoms. The van der Waals surface area contributed by atoms with Crippen molar-refractivity contribution in [2.24, 2.45) is 0 Å². The molecule has 3 rings (SSSR count). The van der Waals surface area contributed by atoms with Crippen molar-refractivity contribution in [2.75, 3.05) is 11.9 Å². The number of hydrogen-bond donors (Lipinski definition) is 2. The fourth-order valence-electron chi connectivity index (χ4n) is 2.84. The Balaban J connectivity index is 1.51. The van der Waals surface area contributed by atoms with E-state index >= 15 is 0 Å². The molecule has 140 valence electrons. The van der Waals surface area contributed by atoms with Gasteiger partial charge in [-0.15, -0.1) is 0 Å². The number of carbonyl (C=O) groups excluding carboxylic acids is 2. The first-order chi connectivity index (χ1) is 13.0. The predicted octanol–water partition coefficient (Wildman–Crippen LogP) is 4.11. The number of nitrogens with one attached hydrogen (secondary N) is 2. The maximum Gasteiger partial charge on any atom is 0.223 e. The van der Waals surface area contributed by atoms with E-state index < -0.39 is 0 Å². The van der Waals surface area contributed by atoms with E-state index in [-0.39, 0.29) is 17.7 Å². The van der Waals surface area contributed by atoms with E-state index in [1.807, 2.05) is 36.4 Å². The van der Waals surface area contributed by atoms with Crippen LogP contribution in [-0.4, -0.2) is 23.3 Å². The van der Waals surface area contributed by atoms with Gasteiger partial charge in [-0.1, -0.05) is 54.7 Å². The molecule has 2 amide bonds. The van der Waals surface area contributed by atoms with Gasteiger partial charge in [0.05, 0.1) is 10.2 Å². The first-order valence-electron chi connectivity index (χ1n) is 9.00. The van der Waals surface area contributed by atoms with E-state index in [0.29, 0.717) is 24.5 Å². The average Bonchev–Trinajstić information content (AvgIpc) is 3.05. The fraction of sp³-hybridized carbons (Fsp3) is 0.286. The van der Waals surface area contributed by atoms with Crippen molar-refractivity contribution in [1.82, 2.24) is 10.3 Å². The highest BCUT2D eigenvalue weighted by Crippen LogP contribution is 2.27. The number of anilines is 1. The number of amides is 2. The Kier molecular flexibility index (Phi) is 6.19. The first kappa shape index (κ1) is 19.0. The average molecular weight is 382 g/mol. The Morgan fingerprint density at radius 3 is 2.67 bits per heavy atom. The van der Waals surface area contributed by atoms with Crippen LogP contribution in [0, 0.1) is 0 Å². The molecule has 0 fully saturated rings. The number of aromatic nitrogens is 1. The lowest BCUT2D eigenvalue weighted by Gasteiger charge is -2.13. The zero-order valence-corrected chi connectivity index (χ0v) is 16.3. The molecule has 3 aromatic rings. The van der Waals surface area contributed by atoms with Gasteiger partial charge in [-0.05, 0) is 35.6 Å². The lowest BCUT2D eigenvalue weighted by atomic mass is 10.0. The predicted molar refractivity (Wildman–Crippen MR) is 110 cm³/mol. The number of hydrogen-bond acceptors (Lipinski definition) is 4. The van der Waals surface area contributed by atoms with Crippen LogP contribution < -0.4 is 10.6 Å². The molecule has 6 heteroatoms. The van der Waals surface area contributed by atoms with Gasteiger partial charge in [0.2, 0.25) is 11.8 Å². The normalized spacial score (nSPS) is 11.9. The molecular formula is C21H23N3O2S. The Hall–Kier alpha value is -2.73. The monoisotopic (exact) mass is 381 g/mol. The molecule has 0 aliphatic rings. The van der Waals surface area contributed by atoms with Crippen LogP contribution in [-0.2, 0) is 16.0 Å². The minimum Gasteiger partial charge on any atom is -0.355 e. The highest BCUT2D eigenvalue weighted by Gasteiger charge is 2.09. The van der Waals surface area contributed by atoms with Crippen LogP contribution in [0.2, 0.25) is 0 Å². The summed E-state index contributed by atoms with van der Waals surface area (Å²) in [7, 11) is 0. The van der Waals surface area contributed by atoms with Gasteiger partial charge >= 0.3 is 0 Å². The molecule has 1 heterocycles. The number of fused-ring (bicyclic) bond motifs is 1. The molecule has 1 atom stereocenters. The SMILES string of the molecule is CC(=O)Nc1nc2ccc(CCC(=O)NC[C@@H](C)c3ccccc3)cc2s1. The Morgan fingerprint density at radius 1 is 1.15 bits per heavy atom. The summed E-state index contributed by atoms with van der Waals surface area (Å²) >= 11 is 1.44. The maximum atomic E-state index is 12.2. The fourth-order valence-corrected chi connectivity index (χ4v) is 3.82. The number of benzene rings is 2. The van der Waals surface area contributed by atoms with Gasteiger partial charge in [-0.2, -0.15) is 0 Å². The zero-order valence-electron chi connectivity index (χ0n) is 15.5. The van der Waals surface area contributed by atoms with Crippen molar-refractivity contribution in [3.63, 3.8) is 0 Å². The summed E-state index contributed by atoms with van der Waals surface area (Å²) in [6.07, 6.45) is 1.12. The molecule has 0 spiro atoms. The molecule has 0 saturated heterocycles. The van der Waals surface area contributed by atoms with Crippen molar-refractivity contribution in [1.29, 1.82) is 0 Å². The van der Waals surface area contributed by atoms with Gasteiger partial charge in [0, 0.05) is 19.9 Å². The van der Waals surface area contributed by atoms with E-state index in [1.165, 1.54) is 23.8 Å². The van der Waals surface area contributed by atoms with Gasteiger partial charge < -0.3 is 10.6 Å². The van der Waals surface area contributed by atoms with E-state index in [4.69, 9.17) is 0 Å². The van der Waals surface area contributed by atoms with Crippen molar-refractivity contribution in [2.45, 2.75) is 32.6 Å². The second-order valence-electron chi connectivity index (χ2n) is 6.62. The van der Waals surface area contributed by atoms with Crippen LogP contribution in [0.1, 0.15) is 37.3 Å². The topological polar surface area (TPSA) is 71.1 Å². The summed E-state index contributed by atoms with van der Waals surface area (Å²) in [4.78, 5) is 27.7. The van der Waals surface area contributed by atoms with E-state index in [1.54, 1.807) is 0 Å². The lowest BCUT2D eigenvalue weighted by Crippen LogP contribution is -2.27. The lowest BCUT2D eigenvalue weighted by molar-refractivity contribution is -0.121. The second-order valence-corrected chi connectivity index (χ2v) is 7.65. The largest absolute Gasteiger partial charge is 0.355 e. The highest BCUT2D eigenvalue weighted by molar-refractivity contribution is 7.22. The number of carbonyl (C=O) groups is 2. The third kappa shape index (κ3) is 5.37. The molecule has 2 aromatic carbocycles. The first-order valence-corrected chi connectivity index (χ1v) is 9.81. The van der Waals surface area contributed by atoms with Crippen LogP contribution >= 0.6 is 11.3 Å². The smallest absolute Gasteiger partial charge is 0.223 e. The number of aryl methyl sites for hydroxylation is 1. The van der Waals surface area contributed by atoms with Crippen molar-refractivity contribution < 1.29 is 9.59 Å². The summed E-state index contributed by atoms with van der Waals surface area (Å²) in [5, 5.41) is 6.33. The molecule has 2 N–H and O–H groups in total. The molecular weight excluding hydrogens is 358 g/mol. The van der Waals surface area contributed by atoms with Crippen molar-refractivity contribution >= 4 is 38.5 Å². The summed E-state index contributed by atoms with van der Waals surface area (Å²) < 4.78 is 1.01. The van der Waals surface area contributed by atoms with Gasteiger partial charge in [-0.3, -0.25) is 9.59 Å². The molecule has 0 saturated carbocycles. The van der Waals surface area contributed by atoms with Gasteiger partial charge in [0.25, 0.3) is 0 Å². The minimum absolute atomic E-state index is 0.0566. The van der Waals surface area contributed by atoms with Crippen LogP contribution in [0.5, 0.6) is 0 Å². The maximum absolute atomic E-state index is 12.2. The quantitative estimate of drug-likeness (QED) is 0.647. The number of thiazole rings is 1. The zero-order chi connectivity index (χ0) is 19.2. The highest BCUT2D eigenvalue weighted by atomic mass is 32.1. The minimum atomic E-state index is -0.129.